The van der Waals surface area contributed by atoms with Crippen molar-refractivity contribution in [2.45, 2.75) is 12.5 Å². The number of amides is 1. The van der Waals surface area contributed by atoms with E-state index < -0.39 is 6.04 Å². The summed E-state index contributed by atoms with van der Waals surface area (Å²) in [7, 11) is 5.23. The number of carbonyl (C=O) groups is 1. The van der Waals surface area contributed by atoms with E-state index in [4.69, 9.17) is 9.47 Å². The van der Waals surface area contributed by atoms with Crippen molar-refractivity contribution in [3.63, 3.8) is 0 Å². The summed E-state index contributed by atoms with van der Waals surface area (Å²) in [5.74, 6) is 0.900. The Kier molecular flexibility index (Phi) is 7.62. The van der Waals surface area contributed by atoms with Crippen LogP contribution in [-0.4, -0.2) is 33.7 Å². The predicted octanol–water partition coefficient (Wildman–Crippen LogP) is 3.28. The van der Waals surface area contributed by atoms with Crippen LogP contribution in [0, 0.1) is 5.82 Å². The molecule has 0 aromatic heterocycles. The minimum absolute atomic E-state index is 0.136. The molecule has 31 heavy (non-hydrogen) atoms. The van der Waals surface area contributed by atoms with Gasteiger partial charge >= 0.3 is 0 Å². The molecule has 0 fully saturated rings. The van der Waals surface area contributed by atoms with Crippen molar-refractivity contribution in [2.75, 3.05) is 33.1 Å². The van der Waals surface area contributed by atoms with Crippen LogP contribution in [0.15, 0.2) is 72.8 Å². The summed E-state index contributed by atoms with van der Waals surface area (Å²) in [6.45, 7) is 0.728. The van der Waals surface area contributed by atoms with Gasteiger partial charge < -0.3 is 19.7 Å². The lowest BCUT2D eigenvalue weighted by Crippen LogP contribution is -3.10. The molecule has 1 unspecified atom stereocenters. The fourth-order valence-corrected chi connectivity index (χ4v) is 3.57. The zero-order chi connectivity index (χ0) is 22.2. The van der Waals surface area contributed by atoms with Gasteiger partial charge in [0.25, 0.3) is 5.91 Å². The molecular weight excluding hydrogens is 395 g/mol. The lowest BCUT2D eigenvalue weighted by molar-refractivity contribution is -0.901. The average molecular weight is 424 g/mol. The molecular formula is C25H28FN2O3+. The summed E-state index contributed by atoms with van der Waals surface area (Å²) in [6, 6.07) is 20.9. The maximum Gasteiger partial charge on any atom is 0.287 e. The highest BCUT2D eigenvalue weighted by atomic mass is 19.1. The normalized spacial score (nSPS) is 12.6. The molecule has 3 aromatic rings. The highest BCUT2D eigenvalue weighted by Crippen LogP contribution is 2.27. The molecule has 2 N–H and O–H groups in total. The van der Waals surface area contributed by atoms with Crippen molar-refractivity contribution in [1.29, 1.82) is 0 Å². The summed E-state index contributed by atoms with van der Waals surface area (Å²) >= 11 is 0. The maximum absolute atomic E-state index is 13.2. The molecule has 0 aliphatic rings. The quantitative estimate of drug-likeness (QED) is 0.555. The number of rotatable bonds is 9. The Bertz CT molecular complexity index is 993. The smallest absolute Gasteiger partial charge is 0.287 e. The number of carbonyl (C=O) groups excluding carboxylic acids is 1. The fraction of sp³-hybridized carbons (Fsp3) is 0.240. The lowest BCUT2D eigenvalue weighted by atomic mass is 10.0. The number of hydrogen-bond acceptors (Lipinski definition) is 3. The average Bonchev–Trinajstić information content (AvgIpc) is 2.79. The number of hydrogen-bond donors (Lipinski definition) is 2. The predicted molar refractivity (Wildman–Crippen MR) is 119 cm³/mol. The first kappa shape index (κ1) is 22.3. The Morgan fingerprint density at radius 1 is 0.968 bits per heavy atom. The van der Waals surface area contributed by atoms with Crippen LogP contribution in [-0.2, 0) is 11.2 Å². The Morgan fingerprint density at radius 3 is 2.29 bits per heavy atom. The number of anilines is 1. The minimum atomic E-state index is -0.411. The molecule has 1 amide bonds. The standard InChI is InChI=1S/C25H27FN2O3/c1-28(16-15-18-9-14-22(30-2)23(17-18)31-3)24(19-7-5-4-6-8-19)25(29)27-21-12-10-20(26)11-13-21/h4-14,17,24H,15-16H2,1-3H3,(H,27,29)/p+1/t24-/m1/s1. The van der Waals surface area contributed by atoms with Gasteiger partial charge in [0.05, 0.1) is 27.8 Å². The summed E-state index contributed by atoms with van der Waals surface area (Å²) in [5, 5.41) is 2.92. The van der Waals surface area contributed by atoms with E-state index in [-0.39, 0.29) is 11.7 Å². The number of quaternary nitrogens is 1. The van der Waals surface area contributed by atoms with Crippen molar-refractivity contribution in [3.05, 3.63) is 89.7 Å². The van der Waals surface area contributed by atoms with E-state index in [9.17, 15) is 9.18 Å². The van der Waals surface area contributed by atoms with Crippen LogP contribution in [0.1, 0.15) is 17.2 Å². The highest BCUT2D eigenvalue weighted by molar-refractivity contribution is 5.94. The SMILES string of the molecule is COc1ccc(CC[NH+](C)[C@@H](C(=O)Nc2ccc(F)cc2)c2ccccc2)cc1OC. The van der Waals surface area contributed by atoms with Crippen LogP contribution in [0.4, 0.5) is 10.1 Å². The highest BCUT2D eigenvalue weighted by Gasteiger charge is 2.29. The van der Waals surface area contributed by atoms with Gasteiger partial charge in [-0.15, -0.1) is 0 Å². The summed E-state index contributed by atoms with van der Waals surface area (Å²) in [4.78, 5) is 14.2. The van der Waals surface area contributed by atoms with Crippen LogP contribution in [0.3, 0.4) is 0 Å². The van der Waals surface area contributed by atoms with Gasteiger partial charge in [0, 0.05) is 17.7 Å². The molecule has 0 aliphatic heterocycles. The largest absolute Gasteiger partial charge is 0.493 e. The van der Waals surface area contributed by atoms with Crippen molar-refractivity contribution in [3.8, 4) is 11.5 Å². The Labute approximate surface area is 182 Å². The second-order valence-electron chi connectivity index (χ2n) is 7.38. The molecule has 3 aromatic carbocycles. The molecule has 0 saturated carbocycles. The van der Waals surface area contributed by atoms with Crippen molar-refractivity contribution >= 4 is 11.6 Å². The molecule has 0 radical (unpaired) electrons. The van der Waals surface area contributed by atoms with E-state index in [1.54, 1.807) is 26.4 Å². The third-order valence-electron chi connectivity index (χ3n) is 5.26. The van der Waals surface area contributed by atoms with Crippen LogP contribution < -0.4 is 19.7 Å². The Morgan fingerprint density at radius 2 is 1.65 bits per heavy atom. The zero-order valence-corrected chi connectivity index (χ0v) is 18.0. The van der Waals surface area contributed by atoms with E-state index >= 15 is 0 Å². The third-order valence-corrected chi connectivity index (χ3v) is 5.26. The second kappa shape index (κ2) is 10.6. The van der Waals surface area contributed by atoms with Crippen molar-refractivity contribution in [1.82, 2.24) is 0 Å². The van der Waals surface area contributed by atoms with E-state index in [1.807, 2.05) is 55.6 Å². The number of halogens is 1. The van der Waals surface area contributed by atoms with Gasteiger partial charge in [-0.1, -0.05) is 36.4 Å². The van der Waals surface area contributed by atoms with Crippen LogP contribution in [0.2, 0.25) is 0 Å². The third kappa shape index (κ3) is 5.83. The van der Waals surface area contributed by atoms with Gasteiger partial charge in [-0.05, 0) is 42.0 Å². The first-order valence-corrected chi connectivity index (χ1v) is 10.2. The molecule has 2 atom stereocenters. The Balaban J connectivity index is 1.76. The molecule has 162 valence electrons. The minimum Gasteiger partial charge on any atom is -0.493 e. The van der Waals surface area contributed by atoms with E-state index in [0.717, 1.165) is 29.0 Å². The number of ether oxygens (including phenoxy) is 2. The maximum atomic E-state index is 13.2. The Hall–Kier alpha value is -3.38. The summed E-state index contributed by atoms with van der Waals surface area (Å²) < 4.78 is 23.9. The second-order valence-corrected chi connectivity index (χ2v) is 7.38. The number of benzene rings is 3. The molecule has 0 saturated heterocycles. The monoisotopic (exact) mass is 423 g/mol. The molecule has 6 heteroatoms. The van der Waals surface area contributed by atoms with Gasteiger partial charge in [-0.2, -0.15) is 0 Å². The van der Waals surface area contributed by atoms with E-state index in [1.165, 1.54) is 12.1 Å². The van der Waals surface area contributed by atoms with Crippen molar-refractivity contribution in [2.24, 2.45) is 0 Å². The first-order valence-electron chi connectivity index (χ1n) is 10.2. The molecule has 5 nitrogen and oxygen atoms in total. The van der Waals surface area contributed by atoms with Gasteiger partial charge in [0.2, 0.25) is 0 Å². The molecule has 0 heterocycles. The van der Waals surface area contributed by atoms with E-state index in [2.05, 4.69) is 5.32 Å². The first-order chi connectivity index (χ1) is 15.0. The van der Waals surface area contributed by atoms with Gasteiger partial charge in [0.1, 0.15) is 5.82 Å². The fourth-order valence-electron chi connectivity index (χ4n) is 3.57. The molecule has 0 aliphatic carbocycles. The number of nitrogens with one attached hydrogen (secondary N) is 2. The topological polar surface area (TPSA) is 52.0 Å². The van der Waals surface area contributed by atoms with Crippen molar-refractivity contribution < 1.29 is 23.6 Å². The van der Waals surface area contributed by atoms with Gasteiger partial charge in [-0.25, -0.2) is 4.39 Å². The number of methoxy groups -OCH3 is 2. The number of likely N-dealkylation sites (N-methyl/N-ethyl adjacent to an activating group) is 1. The summed E-state index contributed by atoms with van der Waals surface area (Å²) in [6.07, 6.45) is 0.763. The molecule has 3 rings (SSSR count). The zero-order valence-electron chi connectivity index (χ0n) is 18.0. The van der Waals surface area contributed by atoms with E-state index in [0.29, 0.717) is 17.2 Å². The van der Waals surface area contributed by atoms with Gasteiger partial charge in [0.15, 0.2) is 17.5 Å². The lowest BCUT2D eigenvalue weighted by Gasteiger charge is -2.25. The molecule has 0 spiro atoms. The summed E-state index contributed by atoms with van der Waals surface area (Å²) in [5.41, 5.74) is 2.59. The van der Waals surface area contributed by atoms with Crippen LogP contribution in [0.25, 0.3) is 0 Å². The van der Waals surface area contributed by atoms with Gasteiger partial charge in [-0.3, -0.25) is 4.79 Å². The molecule has 0 bridgehead atoms. The van der Waals surface area contributed by atoms with Crippen LogP contribution >= 0.6 is 0 Å². The van der Waals surface area contributed by atoms with Crippen LogP contribution in [0.5, 0.6) is 11.5 Å².